The number of nitrogens with one attached hydrogen (secondary N) is 1. The molecule has 0 atom stereocenters. The van der Waals surface area contributed by atoms with E-state index in [9.17, 15) is 14.7 Å². The Kier molecular flexibility index (Phi) is 5.45. The Balaban J connectivity index is 2.38. The zero-order chi connectivity index (χ0) is 18.8. The molecule has 2 N–H and O–H groups in total. The van der Waals surface area contributed by atoms with Crippen molar-refractivity contribution in [2.24, 2.45) is 0 Å². The monoisotopic (exact) mass is 346 g/mol. The minimum atomic E-state index is -0.924. The summed E-state index contributed by atoms with van der Waals surface area (Å²) in [5, 5.41) is 17.2. The largest absolute Gasteiger partial charge is 0.481 e. The van der Waals surface area contributed by atoms with Crippen LogP contribution in [0.3, 0.4) is 0 Å². The van der Waals surface area contributed by atoms with Gasteiger partial charge < -0.3 is 10.4 Å². The summed E-state index contributed by atoms with van der Waals surface area (Å²) in [5.41, 5.74) is 1.04. The molecule has 136 valence electrons. The van der Waals surface area contributed by atoms with E-state index in [-0.39, 0.29) is 18.4 Å². The molecule has 0 aliphatic carbocycles. The van der Waals surface area contributed by atoms with Crippen molar-refractivity contribution in [2.45, 2.75) is 65.5 Å². The molecule has 0 aliphatic heterocycles. The highest BCUT2D eigenvalue weighted by Gasteiger charge is 2.32. The van der Waals surface area contributed by atoms with Crippen molar-refractivity contribution in [3.63, 3.8) is 0 Å². The van der Waals surface area contributed by atoms with E-state index in [0.29, 0.717) is 24.1 Å². The van der Waals surface area contributed by atoms with Gasteiger partial charge in [0.25, 0.3) is 5.91 Å². The van der Waals surface area contributed by atoms with Crippen molar-refractivity contribution in [3.8, 4) is 0 Å². The van der Waals surface area contributed by atoms with Crippen molar-refractivity contribution in [3.05, 3.63) is 23.5 Å². The lowest BCUT2D eigenvalue weighted by Crippen LogP contribution is -2.49. The predicted molar refractivity (Wildman–Crippen MR) is 95.7 cm³/mol. The van der Waals surface area contributed by atoms with Gasteiger partial charge in [-0.2, -0.15) is 5.10 Å². The summed E-state index contributed by atoms with van der Waals surface area (Å²) in [7, 11) is 0. The molecule has 0 bridgehead atoms. The number of carboxylic acids is 1. The fourth-order valence-electron chi connectivity index (χ4n) is 2.99. The van der Waals surface area contributed by atoms with Gasteiger partial charge in [-0.1, -0.05) is 13.8 Å². The zero-order valence-corrected chi connectivity index (χ0v) is 15.5. The first-order chi connectivity index (χ1) is 11.7. The minimum Gasteiger partial charge on any atom is -0.481 e. The molecule has 0 aliphatic rings. The number of fused-ring (bicyclic) bond motifs is 1. The molecule has 1 amide bonds. The molecule has 2 aromatic heterocycles. The standard InChI is InChI=1S/C18H26N4O3/c1-6-18(7-2,9-15(23)24)21-17(25)14-8-13-10-19-22(11(3)4)16(13)20-12(14)5/h8,10-11H,6-7,9H2,1-5H3,(H,21,25)(H,23,24). The Hall–Kier alpha value is -2.44. The van der Waals surface area contributed by atoms with Gasteiger partial charge in [-0.05, 0) is 39.7 Å². The first-order valence-electron chi connectivity index (χ1n) is 8.62. The Morgan fingerprint density at radius 2 is 1.96 bits per heavy atom. The number of aryl methyl sites for hydroxylation is 1. The number of carboxylic acid groups (broad SMARTS) is 1. The third-order valence-electron chi connectivity index (χ3n) is 4.72. The minimum absolute atomic E-state index is 0.105. The number of aliphatic carboxylic acids is 1. The molecule has 0 unspecified atom stereocenters. The van der Waals surface area contributed by atoms with E-state index in [1.807, 2.05) is 32.4 Å². The highest BCUT2D eigenvalue weighted by Crippen LogP contribution is 2.23. The predicted octanol–water partition coefficient (Wildman–Crippen LogP) is 3.08. The number of hydrogen-bond donors (Lipinski definition) is 2. The highest BCUT2D eigenvalue weighted by molar-refractivity contribution is 5.98. The Bertz CT molecular complexity index is 791. The molecule has 7 heteroatoms. The topological polar surface area (TPSA) is 97.1 Å². The highest BCUT2D eigenvalue weighted by atomic mass is 16.4. The molecule has 7 nitrogen and oxygen atoms in total. The first kappa shape index (κ1) is 18.9. The van der Waals surface area contributed by atoms with Crippen molar-refractivity contribution < 1.29 is 14.7 Å². The van der Waals surface area contributed by atoms with Crippen LogP contribution >= 0.6 is 0 Å². The quantitative estimate of drug-likeness (QED) is 0.803. The molecule has 0 saturated heterocycles. The maximum atomic E-state index is 12.8. The third-order valence-corrected chi connectivity index (χ3v) is 4.72. The van der Waals surface area contributed by atoms with Crippen LogP contribution in [-0.2, 0) is 4.79 Å². The van der Waals surface area contributed by atoms with Crippen LogP contribution in [-0.4, -0.2) is 37.3 Å². The molecule has 2 rings (SSSR count). The Morgan fingerprint density at radius 1 is 1.32 bits per heavy atom. The molecule has 0 saturated carbocycles. The van der Waals surface area contributed by atoms with Gasteiger partial charge in [0.15, 0.2) is 5.65 Å². The molecule has 25 heavy (non-hydrogen) atoms. The number of rotatable bonds is 7. The number of carbonyl (C=O) groups excluding carboxylic acids is 1. The van der Waals surface area contributed by atoms with Crippen LogP contribution in [0.1, 0.15) is 69.1 Å². The number of carbonyl (C=O) groups is 2. The molecule has 2 heterocycles. The van der Waals surface area contributed by atoms with Crippen molar-refractivity contribution in [2.75, 3.05) is 0 Å². The van der Waals surface area contributed by atoms with E-state index < -0.39 is 11.5 Å². The molecule has 0 spiro atoms. The first-order valence-corrected chi connectivity index (χ1v) is 8.62. The zero-order valence-electron chi connectivity index (χ0n) is 15.5. The van der Waals surface area contributed by atoms with Crippen LogP contribution in [0.4, 0.5) is 0 Å². The Labute approximate surface area is 147 Å². The van der Waals surface area contributed by atoms with Crippen LogP contribution in [0.25, 0.3) is 11.0 Å². The van der Waals surface area contributed by atoms with E-state index in [1.54, 1.807) is 19.2 Å². The second-order valence-electron chi connectivity index (χ2n) is 6.73. The summed E-state index contributed by atoms with van der Waals surface area (Å²) in [6, 6.07) is 1.95. The molecular weight excluding hydrogens is 320 g/mol. The molecule has 0 fully saturated rings. The second kappa shape index (κ2) is 7.21. The molecule has 0 aromatic carbocycles. The number of pyridine rings is 1. The van der Waals surface area contributed by atoms with Gasteiger partial charge >= 0.3 is 5.97 Å². The smallest absolute Gasteiger partial charge is 0.305 e. The number of hydrogen-bond acceptors (Lipinski definition) is 4. The average molecular weight is 346 g/mol. The van der Waals surface area contributed by atoms with Crippen LogP contribution in [0, 0.1) is 6.92 Å². The summed E-state index contributed by atoms with van der Waals surface area (Å²) < 4.78 is 1.82. The Morgan fingerprint density at radius 3 is 2.48 bits per heavy atom. The average Bonchev–Trinajstić information content (AvgIpc) is 2.95. The number of nitrogens with zero attached hydrogens (tertiary/aromatic N) is 3. The van der Waals surface area contributed by atoms with Gasteiger partial charge in [0.1, 0.15) is 0 Å². The van der Waals surface area contributed by atoms with Crippen molar-refractivity contribution in [1.82, 2.24) is 20.1 Å². The lowest BCUT2D eigenvalue weighted by atomic mass is 9.88. The lowest BCUT2D eigenvalue weighted by molar-refractivity contribution is -0.138. The summed E-state index contributed by atoms with van der Waals surface area (Å²) in [4.78, 5) is 28.5. The lowest BCUT2D eigenvalue weighted by Gasteiger charge is -2.31. The van der Waals surface area contributed by atoms with Gasteiger partial charge in [0.2, 0.25) is 0 Å². The molecule has 2 aromatic rings. The van der Waals surface area contributed by atoms with Crippen molar-refractivity contribution >= 4 is 22.9 Å². The summed E-state index contributed by atoms with van der Waals surface area (Å²) in [5.74, 6) is -1.22. The fourth-order valence-corrected chi connectivity index (χ4v) is 2.99. The van der Waals surface area contributed by atoms with Gasteiger partial charge in [-0.25, -0.2) is 9.67 Å². The van der Waals surface area contributed by atoms with Gasteiger partial charge in [0.05, 0.1) is 29.4 Å². The maximum absolute atomic E-state index is 12.8. The van der Waals surface area contributed by atoms with E-state index in [0.717, 1.165) is 11.0 Å². The van der Waals surface area contributed by atoms with Crippen LogP contribution in [0.5, 0.6) is 0 Å². The molecular formula is C18H26N4O3. The van der Waals surface area contributed by atoms with E-state index >= 15 is 0 Å². The van der Waals surface area contributed by atoms with E-state index in [2.05, 4.69) is 15.4 Å². The van der Waals surface area contributed by atoms with E-state index in [4.69, 9.17) is 0 Å². The van der Waals surface area contributed by atoms with Gasteiger partial charge in [-0.3, -0.25) is 9.59 Å². The SMILES string of the molecule is CCC(CC)(CC(=O)O)NC(=O)c1cc2cnn(C(C)C)c2nc1C. The summed E-state index contributed by atoms with van der Waals surface area (Å²) in [6.45, 7) is 9.59. The van der Waals surface area contributed by atoms with Crippen LogP contribution in [0.15, 0.2) is 12.3 Å². The summed E-state index contributed by atoms with van der Waals surface area (Å²) in [6.07, 6.45) is 2.68. The summed E-state index contributed by atoms with van der Waals surface area (Å²) >= 11 is 0. The van der Waals surface area contributed by atoms with Gasteiger partial charge in [-0.15, -0.1) is 0 Å². The van der Waals surface area contributed by atoms with Crippen molar-refractivity contribution in [1.29, 1.82) is 0 Å². The fraction of sp³-hybridized carbons (Fsp3) is 0.556. The normalized spacial score (nSPS) is 11.9. The third kappa shape index (κ3) is 3.81. The van der Waals surface area contributed by atoms with E-state index in [1.165, 1.54) is 0 Å². The number of amides is 1. The second-order valence-corrected chi connectivity index (χ2v) is 6.73. The van der Waals surface area contributed by atoms with Crippen LogP contribution < -0.4 is 5.32 Å². The number of aromatic nitrogens is 3. The maximum Gasteiger partial charge on any atom is 0.305 e. The van der Waals surface area contributed by atoms with Gasteiger partial charge in [0, 0.05) is 11.4 Å². The van der Waals surface area contributed by atoms with Crippen LogP contribution in [0.2, 0.25) is 0 Å². The molecule has 0 radical (unpaired) electrons.